The Hall–Kier alpha value is -1.10. The number of hydrogen-bond acceptors (Lipinski definition) is 3. The van der Waals surface area contributed by atoms with Crippen LogP contribution in [0.4, 0.5) is 0 Å². The average Bonchev–Trinajstić information content (AvgIpc) is 2.35. The van der Waals surface area contributed by atoms with Gasteiger partial charge in [0.25, 0.3) is 0 Å². The molecule has 1 fully saturated rings. The molecule has 1 aliphatic heterocycles. The van der Waals surface area contributed by atoms with Crippen LogP contribution in [0.1, 0.15) is 33.1 Å². The second kappa shape index (κ2) is 6.59. The number of aliphatic carboxylic acids is 1. The third kappa shape index (κ3) is 4.00. The molecule has 0 aromatic carbocycles. The molecule has 5 nitrogen and oxygen atoms in total. The molecular formula is C12H21NO4. The quantitative estimate of drug-likeness (QED) is 0.756. The molecule has 3 atom stereocenters. The lowest BCUT2D eigenvalue weighted by molar-refractivity contribution is -0.144. The first-order valence-electron chi connectivity index (χ1n) is 6.17. The average molecular weight is 243 g/mol. The number of ether oxygens (including phenoxy) is 1. The molecule has 1 rings (SSSR count). The molecule has 0 aromatic heterocycles. The minimum absolute atomic E-state index is 0.0686. The van der Waals surface area contributed by atoms with Crippen molar-refractivity contribution in [1.29, 1.82) is 0 Å². The van der Waals surface area contributed by atoms with Crippen LogP contribution in [0.5, 0.6) is 0 Å². The highest BCUT2D eigenvalue weighted by Crippen LogP contribution is 2.15. The summed E-state index contributed by atoms with van der Waals surface area (Å²) < 4.78 is 5.22. The van der Waals surface area contributed by atoms with Crippen molar-refractivity contribution >= 4 is 11.9 Å². The van der Waals surface area contributed by atoms with E-state index in [-0.39, 0.29) is 17.7 Å². The van der Waals surface area contributed by atoms with E-state index >= 15 is 0 Å². The highest BCUT2D eigenvalue weighted by Gasteiger charge is 2.29. The number of amides is 1. The zero-order valence-electron chi connectivity index (χ0n) is 10.4. The summed E-state index contributed by atoms with van der Waals surface area (Å²) in [7, 11) is 0. The number of carboxylic acid groups (broad SMARTS) is 1. The maximum Gasteiger partial charge on any atom is 0.326 e. The van der Waals surface area contributed by atoms with Crippen molar-refractivity contribution in [3.63, 3.8) is 0 Å². The highest BCUT2D eigenvalue weighted by atomic mass is 16.5. The van der Waals surface area contributed by atoms with E-state index in [9.17, 15) is 9.59 Å². The molecule has 5 heteroatoms. The van der Waals surface area contributed by atoms with Gasteiger partial charge in [-0.1, -0.05) is 20.3 Å². The lowest BCUT2D eigenvalue weighted by Crippen LogP contribution is -2.48. The molecule has 0 saturated carbocycles. The Morgan fingerprint density at radius 1 is 1.53 bits per heavy atom. The smallest absolute Gasteiger partial charge is 0.326 e. The van der Waals surface area contributed by atoms with Crippen LogP contribution in [-0.2, 0) is 14.3 Å². The molecule has 0 aliphatic carbocycles. The number of carbonyl (C=O) groups excluding carboxylic acids is 1. The van der Waals surface area contributed by atoms with E-state index in [4.69, 9.17) is 9.84 Å². The maximum absolute atomic E-state index is 11.9. The Morgan fingerprint density at radius 2 is 2.24 bits per heavy atom. The number of rotatable bonds is 5. The molecule has 1 heterocycles. The standard InChI is InChI=1S/C12H21NO4/c1-3-8(2)10(12(15)16)13-11(14)9-5-4-6-17-7-9/h8-10H,3-7H2,1-2H3,(H,13,14)(H,15,16)/t8-,9?,10-/m0/s1. The topological polar surface area (TPSA) is 75.6 Å². The molecule has 98 valence electrons. The fourth-order valence-electron chi connectivity index (χ4n) is 1.90. The highest BCUT2D eigenvalue weighted by molar-refractivity contribution is 5.85. The lowest BCUT2D eigenvalue weighted by atomic mass is 9.96. The maximum atomic E-state index is 11.9. The second-order valence-corrected chi connectivity index (χ2v) is 4.62. The first-order valence-corrected chi connectivity index (χ1v) is 6.17. The lowest BCUT2D eigenvalue weighted by Gasteiger charge is -2.25. The van der Waals surface area contributed by atoms with E-state index in [1.54, 1.807) is 0 Å². The van der Waals surface area contributed by atoms with Crippen LogP contribution in [0.2, 0.25) is 0 Å². The summed E-state index contributed by atoms with van der Waals surface area (Å²) in [6.07, 6.45) is 2.36. The van der Waals surface area contributed by atoms with Crippen molar-refractivity contribution < 1.29 is 19.4 Å². The van der Waals surface area contributed by atoms with E-state index in [0.717, 1.165) is 19.3 Å². The Kier molecular flexibility index (Phi) is 5.41. The van der Waals surface area contributed by atoms with Crippen molar-refractivity contribution in [1.82, 2.24) is 5.32 Å². The summed E-state index contributed by atoms with van der Waals surface area (Å²) in [5, 5.41) is 11.7. The molecule has 1 unspecified atom stereocenters. The van der Waals surface area contributed by atoms with Crippen molar-refractivity contribution in [3.05, 3.63) is 0 Å². The first kappa shape index (κ1) is 14.0. The summed E-state index contributed by atoms with van der Waals surface area (Å²) in [6, 6.07) is -0.797. The van der Waals surface area contributed by atoms with Gasteiger partial charge in [0.1, 0.15) is 6.04 Å². The van der Waals surface area contributed by atoms with Gasteiger partial charge in [-0.2, -0.15) is 0 Å². The van der Waals surface area contributed by atoms with Crippen LogP contribution in [0.15, 0.2) is 0 Å². The molecule has 0 aromatic rings. The zero-order valence-corrected chi connectivity index (χ0v) is 10.4. The molecule has 1 amide bonds. The molecule has 0 bridgehead atoms. The van der Waals surface area contributed by atoms with E-state index in [1.807, 2.05) is 13.8 Å². The van der Waals surface area contributed by atoms with Gasteiger partial charge in [-0.15, -0.1) is 0 Å². The fourth-order valence-corrected chi connectivity index (χ4v) is 1.90. The second-order valence-electron chi connectivity index (χ2n) is 4.62. The summed E-state index contributed by atoms with van der Waals surface area (Å²) in [5.41, 5.74) is 0. The number of nitrogens with one attached hydrogen (secondary N) is 1. The van der Waals surface area contributed by atoms with Gasteiger partial charge in [-0.25, -0.2) is 4.79 Å². The summed E-state index contributed by atoms with van der Waals surface area (Å²) in [4.78, 5) is 23.0. The van der Waals surface area contributed by atoms with E-state index in [2.05, 4.69) is 5.32 Å². The SMILES string of the molecule is CC[C@H](C)[C@H](NC(=O)C1CCCOC1)C(=O)O. The van der Waals surface area contributed by atoms with Gasteiger partial charge < -0.3 is 15.2 Å². The monoisotopic (exact) mass is 243 g/mol. The van der Waals surface area contributed by atoms with Gasteiger partial charge in [-0.3, -0.25) is 4.79 Å². The molecular weight excluding hydrogens is 222 g/mol. The van der Waals surface area contributed by atoms with Gasteiger partial charge in [0.15, 0.2) is 0 Å². The van der Waals surface area contributed by atoms with Crippen molar-refractivity contribution in [2.75, 3.05) is 13.2 Å². The minimum atomic E-state index is -0.968. The summed E-state index contributed by atoms with van der Waals surface area (Å²) >= 11 is 0. The molecule has 0 radical (unpaired) electrons. The normalized spacial score (nSPS) is 23.8. The third-order valence-electron chi connectivity index (χ3n) is 3.31. The van der Waals surface area contributed by atoms with Crippen LogP contribution < -0.4 is 5.32 Å². The Balaban J connectivity index is 2.53. The van der Waals surface area contributed by atoms with Crippen molar-refractivity contribution in [2.45, 2.75) is 39.2 Å². The number of carbonyl (C=O) groups is 2. The number of hydrogen-bond donors (Lipinski definition) is 2. The number of carboxylic acids is 1. The van der Waals surface area contributed by atoms with Crippen molar-refractivity contribution in [2.24, 2.45) is 11.8 Å². The Morgan fingerprint density at radius 3 is 2.71 bits per heavy atom. The Labute approximate surface area is 102 Å². The van der Waals surface area contributed by atoms with Crippen LogP contribution in [0.3, 0.4) is 0 Å². The molecule has 1 aliphatic rings. The largest absolute Gasteiger partial charge is 0.480 e. The van der Waals surface area contributed by atoms with Gasteiger partial charge in [0, 0.05) is 6.61 Å². The minimum Gasteiger partial charge on any atom is -0.480 e. The van der Waals surface area contributed by atoms with E-state index in [1.165, 1.54) is 0 Å². The molecule has 17 heavy (non-hydrogen) atoms. The van der Waals surface area contributed by atoms with Gasteiger partial charge in [-0.05, 0) is 18.8 Å². The summed E-state index contributed by atoms with van der Waals surface area (Å²) in [5.74, 6) is -1.43. The molecule has 0 spiro atoms. The van der Waals surface area contributed by atoms with E-state index < -0.39 is 12.0 Å². The van der Waals surface area contributed by atoms with Gasteiger partial charge >= 0.3 is 5.97 Å². The fraction of sp³-hybridized carbons (Fsp3) is 0.833. The summed E-state index contributed by atoms with van der Waals surface area (Å²) in [6.45, 7) is 4.84. The van der Waals surface area contributed by atoms with Crippen LogP contribution >= 0.6 is 0 Å². The van der Waals surface area contributed by atoms with Crippen molar-refractivity contribution in [3.8, 4) is 0 Å². The Bertz CT molecular complexity index is 274. The van der Waals surface area contributed by atoms with Crippen LogP contribution in [0, 0.1) is 11.8 Å². The van der Waals surface area contributed by atoms with Gasteiger partial charge in [0.05, 0.1) is 12.5 Å². The molecule has 1 saturated heterocycles. The zero-order chi connectivity index (χ0) is 12.8. The van der Waals surface area contributed by atoms with Crippen LogP contribution in [0.25, 0.3) is 0 Å². The predicted octanol–water partition coefficient (Wildman–Crippen LogP) is 1.03. The predicted molar refractivity (Wildman–Crippen MR) is 62.6 cm³/mol. The van der Waals surface area contributed by atoms with E-state index in [0.29, 0.717) is 13.2 Å². The van der Waals surface area contributed by atoms with Gasteiger partial charge in [0.2, 0.25) is 5.91 Å². The third-order valence-corrected chi connectivity index (χ3v) is 3.31. The first-order chi connectivity index (χ1) is 8.06. The molecule has 2 N–H and O–H groups in total. The van der Waals surface area contributed by atoms with Crippen LogP contribution in [-0.4, -0.2) is 36.2 Å².